The first-order valence-electron chi connectivity index (χ1n) is 14.4. The maximum Gasteiger partial charge on any atom is 0.243 e. The van der Waals surface area contributed by atoms with Gasteiger partial charge in [0, 0.05) is 29.6 Å². The molecule has 0 saturated carbocycles. The predicted molar refractivity (Wildman–Crippen MR) is 165 cm³/mol. The normalized spacial score (nSPS) is 20.4. The van der Waals surface area contributed by atoms with Crippen molar-refractivity contribution in [1.82, 2.24) is 20.3 Å². The predicted octanol–water partition coefficient (Wildman–Crippen LogP) is 3.80. The highest BCUT2D eigenvalue weighted by Crippen LogP contribution is 2.26. The van der Waals surface area contributed by atoms with E-state index in [1.807, 2.05) is 25.1 Å². The number of carbonyl (C=O) groups excluding carboxylic acids is 2. The van der Waals surface area contributed by atoms with Gasteiger partial charge in [-0.2, -0.15) is 0 Å². The van der Waals surface area contributed by atoms with Crippen molar-refractivity contribution in [3.8, 4) is 0 Å². The van der Waals surface area contributed by atoms with Crippen LogP contribution < -0.4 is 15.4 Å². The first kappa shape index (κ1) is 32.7. The molecule has 230 valence electrons. The van der Waals surface area contributed by atoms with Crippen LogP contribution in [0.1, 0.15) is 48.8 Å². The van der Waals surface area contributed by atoms with Crippen LogP contribution in [0.25, 0.3) is 0 Å². The number of ether oxygens (including phenoxy) is 1. The van der Waals surface area contributed by atoms with Crippen LogP contribution in [-0.4, -0.2) is 69.2 Å². The number of benzene rings is 2. The van der Waals surface area contributed by atoms with Crippen molar-refractivity contribution in [2.75, 3.05) is 25.9 Å². The second kappa shape index (κ2) is 15.0. The lowest BCUT2D eigenvalue weighted by Gasteiger charge is -2.30. The standard InChI is InChI=1S/C30H40Cl2N4O5S/c1-20-3-7-25(32)15-23(20)17-34-29(37)28-16-26(41-19-22-4-8-24(31)9-5-22)18-36(28)30(38)27(35-42(2,39)40)10-6-21-11-13-33-14-12-21/h3-5,7-9,15,21,26-28,33,35H,6,10-14,16-19H2,1-2H3,(H,34,37)/t26-,27-,28-/m1/s1. The maximum absolute atomic E-state index is 14.0. The van der Waals surface area contributed by atoms with Crippen LogP contribution in [0.5, 0.6) is 0 Å². The number of nitrogens with one attached hydrogen (secondary N) is 3. The zero-order valence-electron chi connectivity index (χ0n) is 24.1. The third-order valence-electron chi connectivity index (χ3n) is 7.99. The van der Waals surface area contributed by atoms with E-state index in [0.717, 1.165) is 55.3 Å². The van der Waals surface area contributed by atoms with Crippen LogP contribution in [0.15, 0.2) is 42.5 Å². The number of nitrogens with zero attached hydrogens (tertiary/aromatic N) is 1. The molecule has 0 radical (unpaired) electrons. The Morgan fingerprint density at radius 2 is 1.79 bits per heavy atom. The molecule has 2 aromatic rings. The molecule has 3 atom stereocenters. The molecule has 0 spiro atoms. The summed E-state index contributed by atoms with van der Waals surface area (Å²) >= 11 is 12.2. The van der Waals surface area contributed by atoms with Gasteiger partial charge in [0.2, 0.25) is 21.8 Å². The average Bonchev–Trinajstić information content (AvgIpc) is 3.39. The zero-order chi connectivity index (χ0) is 30.3. The number of likely N-dealkylation sites (tertiary alicyclic amines) is 1. The largest absolute Gasteiger partial charge is 0.372 e. The number of amides is 2. The van der Waals surface area contributed by atoms with Gasteiger partial charge < -0.3 is 20.3 Å². The molecule has 0 aromatic heterocycles. The van der Waals surface area contributed by atoms with E-state index >= 15 is 0 Å². The van der Waals surface area contributed by atoms with Crippen LogP contribution >= 0.6 is 23.2 Å². The van der Waals surface area contributed by atoms with Crippen molar-refractivity contribution in [1.29, 1.82) is 0 Å². The number of hydrogen-bond donors (Lipinski definition) is 3. The van der Waals surface area contributed by atoms with E-state index in [1.165, 1.54) is 4.90 Å². The fraction of sp³-hybridized carbons (Fsp3) is 0.533. The van der Waals surface area contributed by atoms with Crippen molar-refractivity contribution in [3.05, 3.63) is 69.2 Å². The minimum Gasteiger partial charge on any atom is -0.372 e. The van der Waals surface area contributed by atoms with Crippen LogP contribution in [0.4, 0.5) is 0 Å². The van der Waals surface area contributed by atoms with Crippen molar-refractivity contribution in [2.24, 2.45) is 5.92 Å². The highest BCUT2D eigenvalue weighted by molar-refractivity contribution is 7.88. The molecule has 2 aromatic carbocycles. The molecule has 2 amide bonds. The summed E-state index contributed by atoms with van der Waals surface area (Å²) in [6.45, 7) is 4.48. The summed E-state index contributed by atoms with van der Waals surface area (Å²) in [4.78, 5) is 29.0. The second-order valence-electron chi connectivity index (χ2n) is 11.3. The molecule has 3 N–H and O–H groups in total. The van der Waals surface area contributed by atoms with Gasteiger partial charge in [-0.25, -0.2) is 13.1 Å². The van der Waals surface area contributed by atoms with E-state index in [4.69, 9.17) is 27.9 Å². The smallest absolute Gasteiger partial charge is 0.243 e. The van der Waals surface area contributed by atoms with E-state index in [2.05, 4.69) is 15.4 Å². The fourth-order valence-electron chi connectivity index (χ4n) is 5.60. The average molecular weight is 640 g/mol. The minimum absolute atomic E-state index is 0.177. The van der Waals surface area contributed by atoms with Gasteiger partial charge in [0.15, 0.2) is 0 Å². The summed E-state index contributed by atoms with van der Waals surface area (Å²) in [6, 6.07) is 11.0. The quantitative estimate of drug-likeness (QED) is 0.326. The third-order valence-corrected chi connectivity index (χ3v) is 9.19. The summed E-state index contributed by atoms with van der Waals surface area (Å²) in [5, 5.41) is 7.48. The molecular weight excluding hydrogens is 599 g/mol. The van der Waals surface area contributed by atoms with Gasteiger partial charge in [-0.05, 0) is 92.6 Å². The highest BCUT2D eigenvalue weighted by Gasteiger charge is 2.42. The molecular formula is C30H40Cl2N4O5S. The van der Waals surface area contributed by atoms with Crippen molar-refractivity contribution in [2.45, 2.75) is 70.4 Å². The van der Waals surface area contributed by atoms with Gasteiger partial charge in [0.05, 0.1) is 19.0 Å². The number of carbonyl (C=O) groups is 2. The van der Waals surface area contributed by atoms with Gasteiger partial charge in [0.25, 0.3) is 0 Å². The number of halogens is 2. The fourth-order valence-corrected chi connectivity index (χ4v) is 6.66. The van der Waals surface area contributed by atoms with E-state index in [1.54, 1.807) is 24.3 Å². The Hall–Kier alpha value is -2.21. The molecule has 4 rings (SSSR count). The zero-order valence-corrected chi connectivity index (χ0v) is 26.4. The second-order valence-corrected chi connectivity index (χ2v) is 14.0. The lowest BCUT2D eigenvalue weighted by Crippen LogP contribution is -2.53. The maximum atomic E-state index is 14.0. The number of sulfonamides is 1. The van der Waals surface area contributed by atoms with E-state index < -0.39 is 34.1 Å². The van der Waals surface area contributed by atoms with E-state index in [0.29, 0.717) is 35.4 Å². The number of aryl methyl sites for hydroxylation is 1. The Labute approximate surface area is 258 Å². The van der Waals surface area contributed by atoms with Crippen LogP contribution in [0.3, 0.4) is 0 Å². The van der Waals surface area contributed by atoms with Crippen molar-refractivity contribution < 1.29 is 22.7 Å². The molecule has 0 bridgehead atoms. The van der Waals surface area contributed by atoms with Crippen LogP contribution in [-0.2, 0) is 37.5 Å². The van der Waals surface area contributed by atoms with E-state index in [9.17, 15) is 18.0 Å². The van der Waals surface area contributed by atoms with Gasteiger partial charge in [-0.1, -0.05) is 41.4 Å². The van der Waals surface area contributed by atoms with E-state index in [-0.39, 0.29) is 19.0 Å². The monoisotopic (exact) mass is 638 g/mol. The number of rotatable bonds is 12. The summed E-state index contributed by atoms with van der Waals surface area (Å²) in [5.41, 5.74) is 2.78. The Bertz CT molecular complexity index is 1340. The Morgan fingerprint density at radius 1 is 1.10 bits per heavy atom. The summed E-state index contributed by atoms with van der Waals surface area (Å²) in [7, 11) is -3.67. The topological polar surface area (TPSA) is 117 Å². The summed E-state index contributed by atoms with van der Waals surface area (Å²) in [5.74, 6) is -0.320. The number of piperidine rings is 1. The molecule has 2 saturated heterocycles. The molecule has 0 aliphatic carbocycles. The molecule has 0 unspecified atom stereocenters. The molecule has 2 aliphatic heterocycles. The molecule has 2 fully saturated rings. The lowest BCUT2D eigenvalue weighted by atomic mass is 9.91. The molecule has 42 heavy (non-hydrogen) atoms. The lowest BCUT2D eigenvalue weighted by molar-refractivity contribution is -0.140. The van der Waals surface area contributed by atoms with Gasteiger partial charge >= 0.3 is 0 Å². The van der Waals surface area contributed by atoms with Crippen molar-refractivity contribution >= 4 is 45.0 Å². The molecule has 2 aliphatic rings. The third kappa shape index (κ3) is 9.65. The number of hydrogen-bond acceptors (Lipinski definition) is 6. The molecule has 2 heterocycles. The first-order chi connectivity index (χ1) is 20.0. The molecule has 9 nitrogen and oxygen atoms in total. The Kier molecular flexibility index (Phi) is 11.7. The van der Waals surface area contributed by atoms with Gasteiger partial charge in [-0.3, -0.25) is 9.59 Å². The van der Waals surface area contributed by atoms with Crippen LogP contribution in [0.2, 0.25) is 10.0 Å². The Morgan fingerprint density at radius 3 is 2.48 bits per heavy atom. The van der Waals surface area contributed by atoms with Crippen LogP contribution in [0, 0.1) is 12.8 Å². The van der Waals surface area contributed by atoms with Gasteiger partial charge in [-0.15, -0.1) is 0 Å². The SMILES string of the molecule is Cc1ccc(Cl)cc1CNC(=O)[C@H]1C[C@@H](OCc2ccc(Cl)cc2)CN1C(=O)[C@@H](CCC1CCNCC1)NS(C)(=O)=O. The summed E-state index contributed by atoms with van der Waals surface area (Å²) in [6.07, 6.45) is 3.99. The summed E-state index contributed by atoms with van der Waals surface area (Å²) < 4.78 is 33.2. The first-order valence-corrected chi connectivity index (χ1v) is 17.0. The molecule has 12 heteroatoms. The highest BCUT2D eigenvalue weighted by atomic mass is 35.5. The minimum atomic E-state index is -3.67. The van der Waals surface area contributed by atoms with Gasteiger partial charge in [0.1, 0.15) is 12.1 Å². The van der Waals surface area contributed by atoms with Crippen molar-refractivity contribution in [3.63, 3.8) is 0 Å². The Balaban J connectivity index is 1.50.